The van der Waals surface area contributed by atoms with Crippen LogP contribution in [0.1, 0.15) is 44.9 Å². The van der Waals surface area contributed by atoms with Crippen LogP contribution in [0.5, 0.6) is 0 Å². The number of aliphatic hydroxyl groups is 2. The predicted octanol–water partition coefficient (Wildman–Crippen LogP) is 5.04. The van der Waals surface area contributed by atoms with Crippen LogP contribution in [0.3, 0.4) is 0 Å². The molecule has 0 spiro atoms. The molecule has 0 aliphatic heterocycles. The fourth-order valence-corrected chi connectivity index (χ4v) is 1.63. The zero-order chi connectivity index (χ0) is 11.7. The first kappa shape index (κ1) is 15.2. The summed E-state index contributed by atoms with van der Waals surface area (Å²) in [6.45, 7) is 0. The molecule has 2 nitrogen and oxygen atoms in total. The van der Waals surface area contributed by atoms with E-state index in [-0.39, 0.29) is 0 Å². The maximum absolute atomic E-state index is 8.46. The minimum Gasteiger partial charge on any atom is -0.481 e. The fourth-order valence-electron chi connectivity index (χ4n) is 1.23. The standard InChI is InChI=1S/C10H17Cl3O2/c11-10(12,13)8-6-4-2-1-3-5-7-9(14)15/h7,14-15H,1-6,8H2. The molecule has 15 heavy (non-hydrogen) atoms. The van der Waals surface area contributed by atoms with Gasteiger partial charge in [-0.25, -0.2) is 0 Å². The van der Waals surface area contributed by atoms with E-state index >= 15 is 0 Å². The summed E-state index contributed by atoms with van der Waals surface area (Å²) in [5.41, 5.74) is 0. The van der Waals surface area contributed by atoms with Gasteiger partial charge in [0, 0.05) is 0 Å². The summed E-state index contributed by atoms with van der Waals surface area (Å²) in [7, 11) is 0. The highest BCUT2D eigenvalue weighted by atomic mass is 35.6. The molecule has 0 aliphatic rings. The second kappa shape index (κ2) is 8.37. The first-order chi connectivity index (χ1) is 6.92. The number of rotatable bonds is 7. The number of aliphatic hydroxyl groups excluding tert-OH is 1. The summed E-state index contributed by atoms with van der Waals surface area (Å²) < 4.78 is -1.12. The Hall–Kier alpha value is 0.210. The minimum absolute atomic E-state index is 0.591. The lowest BCUT2D eigenvalue weighted by Gasteiger charge is -2.09. The molecule has 5 heteroatoms. The molecule has 0 saturated heterocycles. The molecule has 90 valence electrons. The lowest BCUT2D eigenvalue weighted by atomic mass is 10.1. The third-order valence-corrected chi connectivity index (χ3v) is 2.56. The summed E-state index contributed by atoms with van der Waals surface area (Å²) >= 11 is 16.8. The van der Waals surface area contributed by atoms with Crippen molar-refractivity contribution in [3.63, 3.8) is 0 Å². The van der Waals surface area contributed by atoms with E-state index in [0.29, 0.717) is 12.8 Å². The molecular formula is C10H17Cl3O2. The fraction of sp³-hybridized carbons (Fsp3) is 0.800. The van der Waals surface area contributed by atoms with Crippen molar-refractivity contribution >= 4 is 34.8 Å². The molecule has 0 rings (SSSR count). The second-order valence-corrected chi connectivity index (χ2v) is 6.00. The van der Waals surface area contributed by atoms with Crippen molar-refractivity contribution in [2.75, 3.05) is 0 Å². The average Bonchev–Trinajstić information content (AvgIpc) is 2.07. The smallest absolute Gasteiger partial charge is 0.269 e. The zero-order valence-corrected chi connectivity index (χ0v) is 10.8. The van der Waals surface area contributed by atoms with E-state index in [2.05, 4.69) is 0 Å². The van der Waals surface area contributed by atoms with Gasteiger partial charge in [-0.15, -0.1) is 0 Å². The number of hydrogen-bond acceptors (Lipinski definition) is 2. The number of allylic oxidation sites excluding steroid dienone is 1. The molecule has 0 saturated carbocycles. The van der Waals surface area contributed by atoms with Gasteiger partial charge in [0.15, 0.2) is 3.79 Å². The highest BCUT2D eigenvalue weighted by Gasteiger charge is 2.17. The van der Waals surface area contributed by atoms with Gasteiger partial charge < -0.3 is 10.2 Å². The monoisotopic (exact) mass is 274 g/mol. The van der Waals surface area contributed by atoms with Crippen molar-refractivity contribution in [1.29, 1.82) is 0 Å². The van der Waals surface area contributed by atoms with Crippen LogP contribution >= 0.6 is 34.8 Å². The highest BCUT2D eigenvalue weighted by molar-refractivity contribution is 6.67. The van der Waals surface area contributed by atoms with Crippen molar-refractivity contribution in [2.45, 2.75) is 48.7 Å². The lowest BCUT2D eigenvalue weighted by molar-refractivity contribution is 0.189. The van der Waals surface area contributed by atoms with Crippen molar-refractivity contribution in [3.8, 4) is 0 Å². The van der Waals surface area contributed by atoms with Crippen LogP contribution in [0.25, 0.3) is 0 Å². The van der Waals surface area contributed by atoms with Crippen molar-refractivity contribution in [1.82, 2.24) is 0 Å². The predicted molar refractivity (Wildman–Crippen MR) is 65.9 cm³/mol. The van der Waals surface area contributed by atoms with Gasteiger partial charge in [-0.2, -0.15) is 0 Å². The largest absolute Gasteiger partial charge is 0.481 e. The van der Waals surface area contributed by atoms with Crippen LogP contribution in [-0.2, 0) is 0 Å². The average molecular weight is 276 g/mol. The van der Waals surface area contributed by atoms with Crippen LogP contribution in [0, 0.1) is 0 Å². The van der Waals surface area contributed by atoms with Crippen LogP contribution < -0.4 is 0 Å². The highest BCUT2D eigenvalue weighted by Crippen LogP contribution is 2.32. The van der Waals surface area contributed by atoms with Crippen LogP contribution in [0.15, 0.2) is 12.0 Å². The molecule has 2 N–H and O–H groups in total. The molecular weight excluding hydrogens is 258 g/mol. The van der Waals surface area contributed by atoms with Crippen LogP contribution in [-0.4, -0.2) is 14.0 Å². The van der Waals surface area contributed by atoms with E-state index < -0.39 is 9.74 Å². The summed E-state index contributed by atoms with van der Waals surface area (Å²) in [5.74, 6) is -0.591. The minimum atomic E-state index is -1.12. The quantitative estimate of drug-likeness (QED) is 0.388. The number of hydrogen-bond donors (Lipinski definition) is 2. The first-order valence-electron chi connectivity index (χ1n) is 5.06. The second-order valence-electron chi connectivity index (χ2n) is 3.48. The van der Waals surface area contributed by atoms with Gasteiger partial charge in [0.05, 0.1) is 0 Å². The topological polar surface area (TPSA) is 40.5 Å². The Morgan fingerprint density at radius 1 is 0.933 bits per heavy atom. The Morgan fingerprint density at radius 2 is 1.47 bits per heavy atom. The van der Waals surface area contributed by atoms with Crippen LogP contribution in [0.2, 0.25) is 0 Å². The summed E-state index contributed by atoms with van der Waals surface area (Å²) in [6.07, 6.45) is 7.76. The van der Waals surface area contributed by atoms with Gasteiger partial charge >= 0.3 is 0 Å². The van der Waals surface area contributed by atoms with Gasteiger partial charge in [0.2, 0.25) is 0 Å². The maximum atomic E-state index is 8.46. The third-order valence-electron chi connectivity index (χ3n) is 1.99. The van der Waals surface area contributed by atoms with Crippen molar-refractivity contribution in [2.24, 2.45) is 0 Å². The Balaban J connectivity index is 3.16. The Kier molecular flexibility index (Phi) is 8.49. The number of alkyl halides is 3. The van der Waals surface area contributed by atoms with E-state index in [4.69, 9.17) is 45.0 Å². The van der Waals surface area contributed by atoms with Crippen molar-refractivity contribution < 1.29 is 10.2 Å². The van der Waals surface area contributed by atoms with Gasteiger partial charge in [-0.1, -0.05) is 54.1 Å². The van der Waals surface area contributed by atoms with E-state index in [1.54, 1.807) is 0 Å². The van der Waals surface area contributed by atoms with Crippen LogP contribution in [0.4, 0.5) is 0 Å². The third kappa shape index (κ3) is 14.2. The molecule has 0 aromatic heterocycles. The molecule has 0 radical (unpaired) electrons. The van der Waals surface area contributed by atoms with Gasteiger partial charge in [-0.3, -0.25) is 0 Å². The molecule has 0 unspecified atom stereocenters. The number of unbranched alkanes of at least 4 members (excludes halogenated alkanes) is 5. The maximum Gasteiger partial charge on any atom is 0.269 e. The summed E-state index contributed by atoms with van der Waals surface area (Å²) in [4.78, 5) is 0. The summed E-state index contributed by atoms with van der Waals surface area (Å²) in [6, 6.07) is 0. The van der Waals surface area contributed by atoms with E-state index in [9.17, 15) is 0 Å². The molecule has 0 aromatic carbocycles. The Bertz CT molecular complexity index is 184. The molecule has 0 heterocycles. The van der Waals surface area contributed by atoms with E-state index in [0.717, 1.165) is 32.1 Å². The van der Waals surface area contributed by atoms with Gasteiger partial charge in [0.1, 0.15) is 0 Å². The molecule has 0 fully saturated rings. The lowest BCUT2D eigenvalue weighted by Crippen LogP contribution is -2.00. The Labute approximate surface area is 106 Å². The molecule has 0 aromatic rings. The SMILES string of the molecule is OC(O)=CCCCCCCCC(Cl)(Cl)Cl. The molecule has 0 atom stereocenters. The summed E-state index contributed by atoms with van der Waals surface area (Å²) in [5, 5.41) is 16.9. The number of halogens is 3. The van der Waals surface area contributed by atoms with E-state index in [1.165, 1.54) is 6.08 Å². The van der Waals surface area contributed by atoms with Gasteiger partial charge in [0.25, 0.3) is 5.95 Å². The zero-order valence-electron chi connectivity index (χ0n) is 8.56. The molecule has 0 bridgehead atoms. The molecule has 0 amide bonds. The van der Waals surface area contributed by atoms with Crippen molar-refractivity contribution in [3.05, 3.63) is 12.0 Å². The normalized spacial score (nSPS) is 11.4. The van der Waals surface area contributed by atoms with E-state index in [1.807, 2.05) is 0 Å². The molecule has 0 aliphatic carbocycles. The van der Waals surface area contributed by atoms with Gasteiger partial charge in [-0.05, 0) is 31.8 Å². The first-order valence-corrected chi connectivity index (χ1v) is 6.20. The Morgan fingerprint density at radius 3 is 2.00 bits per heavy atom.